The number of pyridine rings is 1. The first-order chi connectivity index (χ1) is 13.3. The van der Waals surface area contributed by atoms with Gasteiger partial charge in [-0.3, -0.25) is 4.98 Å². The van der Waals surface area contributed by atoms with E-state index in [0.717, 1.165) is 36.3 Å². The highest BCUT2D eigenvalue weighted by Gasteiger charge is 2.23. The molecule has 0 aliphatic carbocycles. The highest BCUT2D eigenvalue weighted by atomic mass is 16.3. The first-order valence-corrected chi connectivity index (χ1v) is 9.74. The summed E-state index contributed by atoms with van der Waals surface area (Å²) in [6, 6.07) is 23.1. The molecule has 0 radical (unpaired) electrons. The molecule has 138 valence electrons. The van der Waals surface area contributed by atoms with Crippen LogP contribution in [0.1, 0.15) is 29.0 Å². The summed E-state index contributed by atoms with van der Waals surface area (Å²) in [6.45, 7) is 3.50. The number of hydrogen-bond donors (Lipinski definition) is 1. The zero-order chi connectivity index (χ0) is 18.5. The Kier molecular flexibility index (Phi) is 5.61. The van der Waals surface area contributed by atoms with Crippen LogP contribution in [0.3, 0.4) is 0 Å². The normalized spacial score (nSPS) is 17.3. The molecule has 0 unspecified atom stereocenters. The van der Waals surface area contributed by atoms with E-state index >= 15 is 0 Å². The molecule has 1 N–H and O–H groups in total. The number of hydrogen-bond acceptors (Lipinski definition) is 3. The fraction of sp³-hybridized carbons (Fsp3) is 0.292. The van der Waals surface area contributed by atoms with Crippen molar-refractivity contribution in [3.63, 3.8) is 0 Å². The highest BCUT2D eigenvalue weighted by molar-refractivity contribution is 5.60. The molecule has 1 saturated heterocycles. The van der Waals surface area contributed by atoms with Gasteiger partial charge in [0.05, 0.1) is 12.3 Å². The standard InChI is InChI=1S/C24H26N2O/c27-18-20-6-8-21(9-7-20)24-16-22(10-13-25-24)23-12-15-26(17-23)14-11-19-4-2-1-3-5-19/h1-10,13,16,23,27H,11-12,14-15,17-18H2/t23-/m0/s1. The maximum absolute atomic E-state index is 9.21. The average Bonchev–Trinajstić information content (AvgIpc) is 3.22. The van der Waals surface area contributed by atoms with E-state index in [1.165, 1.54) is 24.1 Å². The molecule has 2 heterocycles. The smallest absolute Gasteiger partial charge is 0.0704 e. The van der Waals surface area contributed by atoms with Crippen LogP contribution in [0.5, 0.6) is 0 Å². The molecule has 1 aromatic heterocycles. The molecule has 1 fully saturated rings. The van der Waals surface area contributed by atoms with Crippen molar-refractivity contribution in [3.05, 3.63) is 89.6 Å². The van der Waals surface area contributed by atoms with E-state index in [1.54, 1.807) is 0 Å². The van der Waals surface area contributed by atoms with Crippen molar-refractivity contribution >= 4 is 0 Å². The van der Waals surface area contributed by atoms with E-state index in [2.05, 4.69) is 52.3 Å². The van der Waals surface area contributed by atoms with Gasteiger partial charge < -0.3 is 10.0 Å². The van der Waals surface area contributed by atoms with Crippen molar-refractivity contribution in [2.45, 2.75) is 25.4 Å². The lowest BCUT2D eigenvalue weighted by Gasteiger charge is -2.16. The van der Waals surface area contributed by atoms with Crippen molar-refractivity contribution in [2.75, 3.05) is 19.6 Å². The molecule has 4 rings (SSSR count). The topological polar surface area (TPSA) is 36.4 Å². The largest absolute Gasteiger partial charge is 0.392 e. The Morgan fingerprint density at radius 1 is 0.963 bits per heavy atom. The molecule has 0 amide bonds. The molecule has 2 aromatic carbocycles. The van der Waals surface area contributed by atoms with Crippen LogP contribution in [0.4, 0.5) is 0 Å². The Labute approximate surface area is 161 Å². The highest BCUT2D eigenvalue weighted by Crippen LogP contribution is 2.29. The van der Waals surface area contributed by atoms with E-state index in [-0.39, 0.29) is 6.61 Å². The number of aliphatic hydroxyl groups excluding tert-OH is 1. The lowest BCUT2D eigenvalue weighted by atomic mass is 9.97. The number of likely N-dealkylation sites (tertiary alicyclic amines) is 1. The lowest BCUT2D eigenvalue weighted by molar-refractivity contribution is 0.282. The van der Waals surface area contributed by atoms with E-state index < -0.39 is 0 Å². The van der Waals surface area contributed by atoms with Gasteiger partial charge in [-0.1, -0.05) is 54.6 Å². The Morgan fingerprint density at radius 2 is 1.78 bits per heavy atom. The van der Waals surface area contributed by atoms with Gasteiger partial charge in [0.2, 0.25) is 0 Å². The maximum atomic E-state index is 9.21. The van der Waals surface area contributed by atoms with E-state index in [1.807, 2.05) is 30.5 Å². The van der Waals surface area contributed by atoms with Gasteiger partial charge in [0.25, 0.3) is 0 Å². The summed E-state index contributed by atoms with van der Waals surface area (Å²) in [5.41, 5.74) is 5.85. The molecule has 0 bridgehead atoms. The van der Waals surface area contributed by atoms with Gasteiger partial charge in [-0.25, -0.2) is 0 Å². The van der Waals surface area contributed by atoms with Crippen LogP contribution in [0, 0.1) is 0 Å². The van der Waals surface area contributed by atoms with Gasteiger partial charge in [0, 0.05) is 24.8 Å². The average molecular weight is 358 g/mol. The number of benzene rings is 2. The van der Waals surface area contributed by atoms with Gasteiger partial charge in [-0.2, -0.15) is 0 Å². The quantitative estimate of drug-likeness (QED) is 0.715. The van der Waals surface area contributed by atoms with E-state index in [0.29, 0.717) is 5.92 Å². The third kappa shape index (κ3) is 4.44. The predicted octanol–water partition coefficient (Wildman–Crippen LogP) is 4.27. The van der Waals surface area contributed by atoms with Crippen LogP contribution in [0.25, 0.3) is 11.3 Å². The van der Waals surface area contributed by atoms with Gasteiger partial charge >= 0.3 is 0 Å². The van der Waals surface area contributed by atoms with Crippen LogP contribution in [-0.4, -0.2) is 34.6 Å². The van der Waals surface area contributed by atoms with Crippen LogP contribution >= 0.6 is 0 Å². The number of nitrogens with zero attached hydrogens (tertiary/aromatic N) is 2. The Morgan fingerprint density at radius 3 is 2.56 bits per heavy atom. The second-order valence-corrected chi connectivity index (χ2v) is 7.35. The Bertz CT molecular complexity index is 861. The second kappa shape index (κ2) is 8.47. The summed E-state index contributed by atoms with van der Waals surface area (Å²) in [7, 11) is 0. The molecule has 0 spiro atoms. The molecule has 3 heteroatoms. The van der Waals surface area contributed by atoms with Crippen molar-refractivity contribution in [3.8, 4) is 11.3 Å². The molecule has 0 saturated carbocycles. The van der Waals surface area contributed by atoms with Crippen LogP contribution in [-0.2, 0) is 13.0 Å². The van der Waals surface area contributed by atoms with Gasteiger partial charge in [-0.05, 0) is 54.1 Å². The maximum Gasteiger partial charge on any atom is 0.0704 e. The van der Waals surface area contributed by atoms with Crippen molar-refractivity contribution in [1.82, 2.24) is 9.88 Å². The molecule has 1 aliphatic rings. The molecule has 3 aromatic rings. The van der Waals surface area contributed by atoms with Crippen molar-refractivity contribution in [1.29, 1.82) is 0 Å². The minimum atomic E-state index is 0.0780. The third-order valence-electron chi connectivity index (χ3n) is 5.52. The van der Waals surface area contributed by atoms with Crippen molar-refractivity contribution in [2.24, 2.45) is 0 Å². The number of aromatic nitrogens is 1. The second-order valence-electron chi connectivity index (χ2n) is 7.35. The van der Waals surface area contributed by atoms with Gasteiger partial charge in [-0.15, -0.1) is 0 Å². The summed E-state index contributed by atoms with van der Waals surface area (Å²) in [6.07, 6.45) is 4.26. The number of rotatable bonds is 6. The van der Waals surface area contributed by atoms with E-state index in [4.69, 9.17) is 0 Å². The lowest BCUT2D eigenvalue weighted by Crippen LogP contribution is -2.23. The Balaban J connectivity index is 1.40. The fourth-order valence-electron chi connectivity index (χ4n) is 3.88. The van der Waals surface area contributed by atoms with Crippen LogP contribution < -0.4 is 0 Å². The summed E-state index contributed by atoms with van der Waals surface area (Å²) in [5.74, 6) is 0.583. The summed E-state index contributed by atoms with van der Waals surface area (Å²) >= 11 is 0. The molecule has 1 aliphatic heterocycles. The van der Waals surface area contributed by atoms with Crippen molar-refractivity contribution < 1.29 is 5.11 Å². The molecule has 3 nitrogen and oxygen atoms in total. The van der Waals surface area contributed by atoms with Crippen LogP contribution in [0.2, 0.25) is 0 Å². The molecular weight excluding hydrogens is 332 g/mol. The fourth-order valence-corrected chi connectivity index (χ4v) is 3.88. The third-order valence-corrected chi connectivity index (χ3v) is 5.52. The monoisotopic (exact) mass is 358 g/mol. The Hall–Kier alpha value is -2.49. The van der Waals surface area contributed by atoms with Crippen LogP contribution in [0.15, 0.2) is 72.9 Å². The van der Waals surface area contributed by atoms with Gasteiger partial charge in [0.15, 0.2) is 0 Å². The predicted molar refractivity (Wildman–Crippen MR) is 110 cm³/mol. The SMILES string of the molecule is OCc1ccc(-c2cc([C@H]3CCN(CCc4ccccc4)C3)ccn2)cc1. The summed E-state index contributed by atoms with van der Waals surface area (Å²) in [5, 5.41) is 9.21. The van der Waals surface area contributed by atoms with E-state index in [9.17, 15) is 5.11 Å². The first kappa shape index (κ1) is 17.9. The molecular formula is C24H26N2O. The minimum Gasteiger partial charge on any atom is -0.392 e. The summed E-state index contributed by atoms with van der Waals surface area (Å²) < 4.78 is 0. The zero-order valence-electron chi connectivity index (χ0n) is 15.6. The minimum absolute atomic E-state index is 0.0780. The number of aliphatic hydroxyl groups is 1. The zero-order valence-corrected chi connectivity index (χ0v) is 15.6. The summed E-state index contributed by atoms with van der Waals surface area (Å²) in [4.78, 5) is 7.13. The molecule has 27 heavy (non-hydrogen) atoms. The van der Waals surface area contributed by atoms with Gasteiger partial charge in [0.1, 0.15) is 0 Å². The first-order valence-electron chi connectivity index (χ1n) is 9.74. The molecule has 1 atom stereocenters.